The largest absolute Gasteiger partial charge is 0.360 e. The van der Waals surface area contributed by atoms with Crippen LogP contribution in [-0.4, -0.2) is 54.7 Å². The van der Waals surface area contributed by atoms with E-state index in [9.17, 15) is 32.7 Å². The summed E-state index contributed by atoms with van der Waals surface area (Å²) in [6.07, 6.45) is 2.58. The molecular formula is C13H15N3O7S3. The molecule has 26 heavy (non-hydrogen) atoms. The van der Waals surface area contributed by atoms with Crippen molar-refractivity contribution >= 4 is 51.2 Å². The zero-order valence-electron chi connectivity index (χ0n) is 13.4. The van der Waals surface area contributed by atoms with Crippen LogP contribution < -0.4 is 0 Å². The summed E-state index contributed by atoms with van der Waals surface area (Å²) in [6.45, 7) is 1.56. The number of nitro groups is 1. The fourth-order valence-electron chi connectivity index (χ4n) is 3.11. The summed E-state index contributed by atoms with van der Waals surface area (Å²) in [7, 11) is -4.97. The zero-order valence-corrected chi connectivity index (χ0v) is 16.0. The summed E-state index contributed by atoms with van der Waals surface area (Å²) in [5, 5.41) is 11.0. The number of carbonyl (C=O) groups is 2. The second kappa shape index (κ2) is 7.06. The van der Waals surface area contributed by atoms with Crippen molar-refractivity contribution in [1.82, 2.24) is 9.21 Å². The van der Waals surface area contributed by atoms with Crippen molar-refractivity contribution in [2.24, 2.45) is 0 Å². The van der Waals surface area contributed by atoms with Gasteiger partial charge in [-0.05, 0) is 6.42 Å². The number of hydrogen-bond acceptors (Lipinski definition) is 7. The van der Waals surface area contributed by atoms with Gasteiger partial charge in [-0.1, -0.05) is 25.2 Å². The van der Waals surface area contributed by atoms with Crippen LogP contribution in [0.15, 0.2) is 24.0 Å². The first kappa shape index (κ1) is 20.5. The monoisotopic (exact) mass is 421 g/mol. The molecule has 0 saturated carbocycles. The van der Waals surface area contributed by atoms with E-state index in [-0.39, 0.29) is 23.5 Å². The Hall–Kier alpha value is -1.83. The van der Waals surface area contributed by atoms with Crippen molar-refractivity contribution in [2.75, 3.05) is 0 Å². The van der Waals surface area contributed by atoms with E-state index in [2.05, 4.69) is 12.6 Å². The number of amides is 2. The van der Waals surface area contributed by atoms with E-state index in [1.54, 1.807) is 6.92 Å². The molecule has 2 heterocycles. The SMILES string of the molecule is CCC(C(=S)S)(C1C=CC([N+](=O)[O-])=CN1S(=O)(=O)O)N1C(=O)CCC1=O. The van der Waals surface area contributed by atoms with E-state index in [0.29, 0.717) is 10.5 Å². The highest BCUT2D eigenvalue weighted by Crippen LogP contribution is 2.38. The third kappa shape index (κ3) is 3.26. The standard InChI is InChI=1S/C13H15N3O7S3/c1-2-13(12(24)25,15-10(17)5-6-11(15)18)9-4-3-8(16(19)20)7-14(9)26(21,22)23/h3-4,7,9H,2,5-6H2,1H3,(H,24,25)(H,21,22,23). The van der Waals surface area contributed by atoms with Gasteiger partial charge in [-0.2, -0.15) is 8.42 Å². The van der Waals surface area contributed by atoms with Gasteiger partial charge in [0, 0.05) is 18.9 Å². The molecule has 1 N–H and O–H groups in total. The lowest BCUT2D eigenvalue weighted by molar-refractivity contribution is -0.420. The van der Waals surface area contributed by atoms with E-state index in [4.69, 9.17) is 12.2 Å². The number of likely N-dealkylation sites (tertiary alicyclic amines) is 1. The van der Waals surface area contributed by atoms with Crippen LogP contribution in [0.1, 0.15) is 26.2 Å². The highest BCUT2D eigenvalue weighted by Gasteiger charge is 2.55. The van der Waals surface area contributed by atoms with Crippen LogP contribution in [0.3, 0.4) is 0 Å². The Morgan fingerprint density at radius 1 is 1.46 bits per heavy atom. The Kier molecular flexibility index (Phi) is 5.56. The molecule has 142 valence electrons. The zero-order chi connectivity index (χ0) is 19.9. The Balaban J connectivity index is 2.70. The van der Waals surface area contributed by atoms with E-state index in [0.717, 1.165) is 17.1 Å². The van der Waals surface area contributed by atoms with Gasteiger partial charge >= 0.3 is 10.3 Å². The average Bonchev–Trinajstić information content (AvgIpc) is 2.87. The summed E-state index contributed by atoms with van der Waals surface area (Å²) in [6, 6.07) is -1.39. The van der Waals surface area contributed by atoms with E-state index in [1.165, 1.54) is 0 Å². The highest BCUT2D eigenvalue weighted by atomic mass is 32.2. The van der Waals surface area contributed by atoms with Crippen molar-refractivity contribution in [1.29, 1.82) is 0 Å². The number of rotatable bonds is 6. The fraction of sp³-hybridized carbons (Fsp3) is 0.462. The topological polar surface area (TPSA) is 138 Å². The summed E-state index contributed by atoms with van der Waals surface area (Å²) in [5.41, 5.74) is -2.30. The molecular weight excluding hydrogens is 406 g/mol. The molecule has 2 amide bonds. The number of thiol groups is 1. The van der Waals surface area contributed by atoms with Crippen molar-refractivity contribution < 1.29 is 27.5 Å². The third-order valence-corrected chi connectivity index (χ3v) is 5.92. The summed E-state index contributed by atoms with van der Waals surface area (Å²) in [4.78, 5) is 35.6. The molecule has 1 fully saturated rings. The molecule has 2 aliphatic rings. The normalized spacial score (nSPS) is 23.0. The van der Waals surface area contributed by atoms with Crippen molar-refractivity contribution in [3.8, 4) is 0 Å². The van der Waals surface area contributed by atoms with E-state index < -0.39 is 44.3 Å². The van der Waals surface area contributed by atoms with Gasteiger partial charge in [0.1, 0.15) is 5.54 Å². The minimum atomic E-state index is -4.97. The second-order valence-corrected chi connectivity index (χ2v) is 8.10. The lowest BCUT2D eigenvalue weighted by Crippen LogP contribution is -2.66. The molecule has 0 aliphatic carbocycles. The Labute approximate surface area is 160 Å². The number of thiocarbonyl (C=S) groups is 1. The average molecular weight is 421 g/mol. The second-order valence-electron chi connectivity index (χ2n) is 5.63. The number of carbonyl (C=O) groups excluding carboxylic acids is 2. The number of nitrogens with zero attached hydrogens (tertiary/aromatic N) is 3. The van der Waals surface area contributed by atoms with Crippen LogP contribution >= 0.6 is 24.8 Å². The molecule has 2 rings (SSSR count). The Morgan fingerprint density at radius 2 is 2.00 bits per heavy atom. The molecule has 2 atom stereocenters. The maximum Gasteiger partial charge on any atom is 0.360 e. The first-order chi connectivity index (χ1) is 12.0. The van der Waals surface area contributed by atoms with E-state index in [1.807, 2.05) is 0 Å². The van der Waals surface area contributed by atoms with Crippen LogP contribution in [0.25, 0.3) is 0 Å². The molecule has 1 saturated heterocycles. The quantitative estimate of drug-likeness (QED) is 0.160. The maximum atomic E-state index is 12.3. The smallest absolute Gasteiger partial charge is 0.274 e. The summed E-state index contributed by atoms with van der Waals surface area (Å²) >= 11 is 9.25. The summed E-state index contributed by atoms with van der Waals surface area (Å²) < 4.78 is 33.4. The van der Waals surface area contributed by atoms with Gasteiger partial charge in [0.05, 0.1) is 21.4 Å². The van der Waals surface area contributed by atoms with Gasteiger partial charge in [0.25, 0.3) is 5.70 Å². The molecule has 13 heteroatoms. The van der Waals surface area contributed by atoms with E-state index >= 15 is 0 Å². The lowest BCUT2D eigenvalue weighted by atomic mass is 9.85. The third-order valence-electron chi connectivity index (χ3n) is 4.31. The number of hydrogen-bond donors (Lipinski definition) is 2. The molecule has 0 aromatic rings. The van der Waals surface area contributed by atoms with Crippen molar-refractivity contribution in [3.63, 3.8) is 0 Å². The van der Waals surface area contributed by atoms with Crippen LogP contribution in [0.2, 0.25) is 0 Å². The Morgan fingerprint density at radius 3 is 2.38 bits per heavy atom. The first-order valence-electron chi connectivity index (χ1n) is 7.36. The van der Waals surface area contributed by atoms with Gasteiger partial charge < -0.3 is 0 Å². The van der Waals surface area contributed by atoms with Gasteiger partial charge in [0.15, 0.2) is 0 Å². The molecule has 2 unspecified atom stereocenters. The van der Waals surface area contributed by atoms with Crippen LogP contribution in [0, 0.1) is 10.1 Å². The fourth-order valence-corrected chi connectivity index (χ4v) is 4.63. The van der Waals surface area contributed by atoms with Crippen molar-refractivity contribution in [3.05, 3.63) is 34.2 Å². The minimum Gasteiger partial charge on any atom is -0.274 e. The molecule has 0 spiro atoms. The molecule has 10 nitrogen and oxygen atoms in total. The molecule has 0 bridgehead atoms. The van der Waals surface area contributed by atoms with Crippen LogP contribution in [-0.2, 0) is 19.9 Å². The molecule has 2 aliphatic heterocycles. The van der Waals surface area contributed by atoms with Gasteiger partial charge in [-0.3, -0.25) is 29.2 Å². The minimum absolute atomic E-state index is 0.0184. The number of allylic oxidation sites excluding steroid dienone is 1. The number of imide groups is 1. The first-order valence-corrected chi connectivity index (χ1v) is 9.61. The van der Waals surface area contributed by atoms with Gasteiger partial charge in [-0.25, -0.2) is 4.31 Å². The molecule has 0 aromatic heterocycles. The predicted molar refractivity (Wildman–Crippen MR) is 97.1 cm³/mol. The van der Waals surface area contributed by atoms with Crippen molar-refractivity contribution in [2.45, 2.75) is 37.8 Å². The Bertz CT molecular complexity index is 835. The van der Waals surface area contributed by atoms with Gasteiger partial charge in [0.2, 0.25) is 11.8 Å². The van der Waals surface area contributed by atoms with Gasteiger partial charge in [-0.15, -0.1) is 12.6 Å². The van der Waals surface area contributed by atoms with Crippen LogP contribution in [0.4, 0.5) is 0 Å². The predicted octanol–water partition coefficient (Wildman–Crippen LogP) is 0.703. The van der Waals surface area contributed by atoms with Crippen LogP contribution in [0.5, 0.6) is 0 Å². The lowest BCUT2D eigenvalue weighted by Gasteiger charge is -2.46. The highest BCUT2D eigenvalue weighted by molar-refractivity contribution is 8.11. The molecule has 0 radical (unpaired) electrons. The summed E-state index contributed by atoms with van der Waals surface area (Å²) in [5.74, 6) is -1.14. The maximum absolute atomic E-state index is 12.3. The molecule has 0 aromatic carbocycles.